The molecule has 130 valence electrons. The van der Waals surface area contributed by atoms with Crippen LogP contribution in [0.1, 0.15) is 11.1 Å². The zero-order valence-electron chi connectivity index (χ0n) is 14.8. The average Bonchev–Trinajstić information content (AvgIpc) is 2.67. The van der Waals surface area contributed by atoms with E-state index >= 15 is 0 Å². The minimum atomic E-state index is -0.414. The normalized spacial score (nSPS) is 10.4. The van der Waals surface area contributed by atoms with E-state index in [0.717, 1.165) is 16.9 Å². The molecule has 1 aromatic heterocycles. The summed E-state index contributed by atoms with van der Waals surface area (Å²) in [6.07, 6.45) is 1.83. The Bertz CT molecular complexity index is 1020. The highest BCUT2D eigenvalue weighted by Gasteiger charge is 2.13. The number of nitrogens with zero attached hydrogens (tertiary/aromatic N) is 3. The molecule has 0 amide bonds. The van der Waals surface area contributed by atoms with Gasteiger partial charge in [0.25, 0.3) is 5.56 Å². The minimum Gasteiger partial charge on any atom is -0.345 e. The third-order valence-electron chi connectivity index (χ3n) is 4.15. The number of hydrogen-bond acceptors (Lipinski definition) is 5. The van der Waals surface area contributed by atoms with Gasteiger partial charge in [0.1, 0.15) is 11.6 Å². The van der Waals surface area contributed by atoms with E-state index in [1.165, 1.54) is 17.3 Å². The Labute approximate surface area is 156 Å². The number of rotatable bonds is 4. The van der Waals surface area contributed by atoms with Gasteiger partial charge in [0.05, 0.1) is 5.69 Å². The molecule has 1 N–H and O–H groups in total. The van der Waals surface area contributed by atoms with E-state index in [0.29, 0.717) is 10.9 Å². The van der Waals surface area contributed by atoms with E-state index in [2.05, 4.69) is 46.1 Å². The summed E-state index contributed by atoms with van der Waals surface area (Å²) in [7, 11) is 2.00. The van der Waals surface area contributed by atoms with Gasteiger partial charge in [-0.3, -0.25) is 4.79 Å². The molecule has 0 saturated heterocycles. The second-order valence-corrected chi connectivity index (χ2v) is 6.65. The Morgan fingerprint density at radius 3 is 2.19 bits per heavy atom. The lowest BCUT2D eigenvalue weighted by atomic mass is 10.1. The highest BCUT2D eigenvalue weighted by atomic mass is 32.2. The van der Waals surface area contributed by atoms with Crippen molar-refractivity contribution in [1.82, 2.24) is 9.97 Å². The number of aryl methyl sites for hydroxylation is 1. The minimum absolute atomic E-state index is 0.0300. The van der Waals surface area contributed by atoms with Crippen LogP contribution >= 0.6 is 11.8 Å². The first-order valence-corrected chi connectivity index (χ1v) is 9.25. The van der Waals surface area contributed by atoms with Crippen LogP contribution in [0.3, 0.4) is 0 Å². The zero-order chi connectivity index (χ0) is 18.7. The molecule has 1 heterocycles. The molecule has 0 spiro atoms. The van der Waals surface area contributed by atoms with E-state index in [-0.39, 0.29) is 5.56 Å². The first-order valence-electron chi connectivity index (χ1n) is 8.02. The van der Waals surface area contributed by atoms with Crippen molar-refractivity contribution in [2.45, 2.75) is 12.1 Å². The smallest absolute Gasteiger partial charge is 0.270 e. The van der Waals surface area contributed by atoms with Crippen LogP contribution in [0.5, 0.6) is 0 Å². The number of nitrogens with one attached hydrogen (secondary N) is 1. The number of hydrogen-bond donors (Lipinski definition) is 1. The molecule has 0 atom stereocenters. The molecule has 3 rings (SSSR count). The van der Waals surface area contributed by atoms with Gasteiger partial charge in [0.2, 0.25) is 0 Å². The lowest BCUT2D eigenvalue weighted by Gasteiger charge is -2.20. The zero-order valence-corrected chi connectivity index (χ0v) is 15.6. The Hall–Kier alpha value is -3.04. The van der Waals surface area contributed by atoms with Crippen molar-refractivity contribution < 1.29 is 0 Å². The maximum atomic E-state index is 12.1. The van der Waals surface area contributed by atoms with Gasteiger partial charge in [0.15, 0.2) is 5.16 Å². The fourth-order valence-corrected chi connectivity index (χ4v) is 3.00. The lowest BCUT2D eigenvalue weighted by Crippen LogP contribution is -2.14. The summed E-state index contributed by atoms with van der Waals surface area (Å²) in [4.78, 5) is 21.2. The van der Waals surface area contributed by atoms with Gasteiger partial charge in [-0.25, -0.2) is 4.98 Å². The number of nitriles is 1. The van der Waals surface area contributed by atoms with Crippen LogP contribution in [0.25, 0.3) is 11.3 Å². The van der Waals surface area contributed by atoms with Crippen molar-refractivity contribution in [1.29, 1.82) is 5.26 Å². The standard InChI is InChI=1S/C20H18N4OS/c1-13-4-8-15(9-5-13)24(2)16-10-6-14(7-11-16)18-17(12-21)19(25)23-20(22-18)26-3/h4-11H,1-3H3,(H,22,23,25). The van der Waals surface area contributed by atoms with Crippen LogP contribution in [0.15, 0.2) is 58.5 Å². The molecule has 6 heteroatoms. The van der Waals surface area contributed by atoms with Gasteiger partial charge in [-0.05, 0) is 37.4 Å². The lowest BCUT2D eigenvalue weighted by molar-refractivity contribution is 0.937. The maximum Gasteiger partial charge on any atom is 0.270 e. The van der Waals surface area contributed by atoms with Crippen LogP contribution in [0.4, 0.5) is 11.4 Å². The Balaban J connectivity index is 1.98. The van der Waals surface area contributed by atoms with E-state index < -0.39 is 5.56 Å². The molecular weight excluding hydrogens is 344 g/mol. The monoisotopic (exact) mass is 362 g/mol. The largest absolute Gasteiger partial charge is 0.345 e. The van der Waals surface area contributed by atoms with Crippen molar-refractivity contribution in [2.24, 2.45) is 0 Å². The molecule has 5 nitrogen and oxygen atoms in total. The van der Waals surface area contributed by atoms with Crippen molar-refractivity contribution in [3.8, 4) is 17.3 Å². The van der Waals surface area contributed by atoms with E-state index in [9.17, 15) is 10.1 Å². The van der Waals surface area contributed by atoms with Gasteiger partial charge in [-0.1, -0.05) is 41.6 Å². The van der Waals surface area contributed by atoms with Gasteiger partial charge >= 0.3 is 0 Å². The predicted octanol–water partition coefficient (Wildman–Crippen LogP) is 4.11. The van der Waals surface area contributed by atoms with Crippen molar-refractivity contribution in [3.63, 3.8) is 0 Å². The second-order valence-electron chi connectivity index (χ2n) is 5.85. The number of benzene rings is 2. The first kappa shape index (κ1) is 17.8. The van der Waals surface area contributed by atoms with Gasteiger partial charge in [0, 0.05) is 24.0 Å². The van der Waals surface area contributed by atoms with Crippen LogP contribution in [0.2, 0.25) is 0 Å². The summed E-state index contributed by atoms with van der Waals surface area (Å²) in [5.41, 5.74) is 4.07. The number of aromatic amines is 1. The van der Waals surface area contributed by atoms with Crippen molar-refractivity contribution in [2.75, 3.05) is 18.2 Å². The molecular formula is C20H18N4OS. The number of anilines is 2. The van der Waals surface area contributed by atoms with Crippen LogP contribution < -0.4 is 10.5 Å². The molecule has 0 unspecified atom stereocenters. The molecule has 0 radical (unpaired) electrons. The molecule has 0 aliphatic heterocycles. The van der Waals surface area contributed by atoms with Crippen LogP contribution in [-0.4, -0.2) is 23.3 Å². The molecule has 26 heavy (non-hydrogen) atoms. The van der Waals surface area contributed by atoms with Crippen LogP contribution in [0, 0.1) is 18.3 Å². The van der Waals surface area contributed by atoms with Gasteiger partial charge in [-0.15, -0.1) is 0 Å². The SMILES string of the molecule is CSc1nc(-c2ccc(N(C)c3ccc(C)cc3)cc2)c(C#N)c(=O)[nH]1. The van der Waals surface area contributed by atoms with Gasteiger partial charge < -0.3 is 9.88 Å². The molecule has 0 bridgehead atoms. The molecule has 0 saturated carbocycles. The number of thioether (sulfide) groups is 1. The van der Waals surface area contributed by atoms with E-state index in [1.54, 1.807) is 0 Å². The predicted molar refractivity (Wildman–Crippen MR) is 106 cm³/mol. The summed E-state index contributed by atoms with van der Waals surface area (Å²) in [5, 5.41) is 9.80. The molecule has 0 aliphatic rings. The number of aromatic nitrogens is 2. The van der Waals surface area contributed by atoms with Gasteiger partial charge in [-0.2, -0.15) is 5.26 Å². The summed E-state index contributed by atoms with van der Waals surface area (Å²) >= 11 is 1.33. The van der Waals surface area contributed by atoms with Crippen molar-refractivity contribution >= 4 is 23.1 Å². The summed E-state index contributed by atoms with van der Waals surface area (Å²) in [5.74, 6) is 0. The average molecular weight is 362 g/mol. The van der Waals surface area contributed by atoms with Crippen LogP contribution in [-0.2, 0) is 0 Å². The first-order chi connectivity index (χ1) is 12.5. The fourth-order valence-electron chi connectivity index (χ4n) is 2.62. The Morgan fingerprint density at radius 1 is 1.08 bits per heavy atom. The summed E-state index contributed by atoms with van der Waals surface area (Å²) < 4.78 is 0. The van der Waals surface area contributed by atoms with E-state index in [4.69, 9.17) is 0 Å². The Morgan fingerprint density at radius 2 is 1.65 bits per heavy atom. The maximum absolute atomic E-state index is 12.1. The highest BCUT2D eigenvalue weighted by Crippen LogP contribution is 2.27. The Kier molecular flexibility index (Phi) is 5.10. The second kappa shape index (κ2) is 7.46. The highest BCUT2D eigenvalue weighted by molar-refractivity contribution is 7.98. The summed E-state index contributed by atoms with van der Waals surface area (Å²) in [6.45, 7) is 2.06. The molecule has 3 aromatic rings. The van der Waals surface area contributed by atoms with Crippen molar-refractivity contribution in [3.05, 3.63) is 70.0 Å². The molecule has 0 fully saturated rings. The molecule has 0 aliphatic carbocycles. The molecule has 2 aromatic carbocycles. The summed E-state index contributed by atoms with van der Waals surface area (Å²) in [6, 6.07) is 17.9. The third-order valence-corrected chi connectivity index (χ3v) is 4.73. The van der Waals surface area contributed by atoms with E-state index in [1.807, 2.05) is 43.6 Å². The third kappa shape index (κ3) is 3.48. The quantitative estimate of drug-likeness (QED) is 0.559. The number of H-pyrrole nitrogens is 1. The fraction of sp³-hybridized carbons (Fsp3) is 0.150. The topological polar surface area (TPSA) is 72.8 Å².